The number of ether oxygens (including phenoxy) is 1. The molecule has 1 unspecified atom stereocenters. The summed E-state index contributed by atoms with van der Waals surface area (Å²) in [5, 5.41) is 0. The Hall–Kier alpha value is -1.12. The van der Waals surface area contributed by atoms with Gasteiger partial charge < -0.3 is 9.53 Å². The van der Waals surface area contributed by atoms with Crippen LogP contribution in [0.3, 0.4) is 0 Å². The van der Waals surface area contributed by atoms with Gasteiger partial charge in [-0.15, -0.1) is 0 Å². The summed E-state index contributed by atoms with van der Waals surface area (Å²) in [6, 6.07) is 0. The lowest BCUT2D eigenvalue weighted by atomic mass is 9.47. The third kappa shape index (κ3) is 5.19. The van der Waals surface area contributed by atoms with Gasteiger partial charge >= 0.3 is 5.97 Å². The molecule has 4 rings (SSSR count). The zero-order chi connectivity index (χ0) is 24.0. The van der Waals surface area contributed by atoms with Crippen molar-refractivity contribution in [3.8, 4) is 0 Å². The third-order valence-electron chi connectivity index (χ3n) is 10.5. The number of allylic oxidation sites excluding steroid dienone is 2. The van der Waals surface area contributed by atoms with Gasteiger partial charge in [0.05, 0.1) is 5.41 Å². The largest absolute Gasteiger partial charge is 0.461 e. The molecule has 0 N–H and O–H groups in total. The van der Waals surface area contributed by atoms with Crippen LogP contribution in [0.1, 0.15) is 136 Å². The van der Waals surface area contributed by atoms with Gasteiger partial charge in [0.2, 0.25) is 0 Å². The standard InChI is InChI=1S/C31H50O3/c1-3-4-5-6-7-8-9-10-11-15-29(33)34-28-19-18-27-25-17-16-24-14-12-13-21-30(24,2)26(25)20-22-31(27,28)23-32/h14,23,25-28H,3-13,15-22H2,1-2H3/t25-,26+,27+,28?,30+,31-/m1/s1. The van der Waals surface area contributed by atoms with Crippen LogP contribution in [-0.2, 0) is 14.3 Å². The highest BCUT2D eigenvalue weighted by molar-refractivity contribution is 5.71. The summed E-state index contributed by atoms with van der Waals surface area (Å²) in [6.07, 6.45) is 25.7. The van der Waals surface area contributed by atoms with Gasteiger partial charge in [0.1, 0.15) is 12.4 Å². The Morgan fingerprint density at radius 1 is 0.971 bits per heavy atom. The second-order valence-electron chi connectivity index (χ2n) is 12.4. The number of hydrogen-bond acceptors (Lipinski definition) is 3. The van der Waals surface area contributed by atoms with E-state index in [0.29, 0.717) is 29.6 Å². The van der Waals surface area contributed by atoms with E-state index in [0.717, 1.165) is 38.5 Å². The average molecular weight is 471 g/mol. The molecule has 0 aliphatic heterocycles. The highest BCUT2D eigenvalue weighted by Gasteiger charge is 2.61. The van der Waals surface area contributed by atoms with Crippen LogP contribution in [0.5, 0.6) is 0 Å². The first-order valence-corrected chi connectivity index (χ1v) is 14.9. The lowest BCUT2D eigenvalue weighted by Gasteiger charge is -2.57. The van der Waals surface area contributed by atoms with E-state index in [1.165, 1.54) is 83.3 Å². The van der Waals surface area contributed by atoms with Crippen LogP contribution in [0.15, 0.2) is 11.6 Å². The van der Waals surface area contributed by atoms with Gasteiger partial charge in [0.25, 0.3) is 0 Å². The maximum atomic E-state index is 12.7. The van der Waals surface area contributed by atoms with E-state index in [9.17, 15) is 9.59 Å². The van der Waals surface area contributed by atoms with Crippen molar-refractivity contribution in [2.75, 3.05) is 0 Å². The molecule has 0 aromatic rings. The van der Waals surface area contributed by atoms with Gasteiger partial charge in [0.15, 0.2) is 0 Å². The number of hydrogen-bond donors (Lipinski definition) is 0. The van der Waals surface area contributed by atoms with E-state index >= 15 is 0 Å². The SMILES string of the molecule is CCCCCCCCCCCC(=O)OC1CC[C@H]2[C@@H]3CCC4=CCCC[C@]4(C)[C@H]3CC[C@]12C=O. The summed E-state index contributed by atoms with van der Waals surface area (Å²) in [5.41, 5.74) is 1.64. The highest BCUT2D eigenvalue weighted by atomic mass is 16.5. The van der Waals surface area contributed by atoms with E-state index in [1.807, 2.05) is 0 Å². The quantitative estimate of drug-likeness (QED) is 0.125. The van der Waals surface area contributed by atoms with Crippen molar-refractivity contribution < 1.29 is 14.3 Å². The van der Waals surface area contributed by atoms with E-state index in [1.54, 1.807) is 5.57 Å². The molecule has 0 aromatic carbocycles. The lowest BCUT2D eigenvalue weighted by molar-refractivity contribution is -0.163. The van der Waals surface area contributed by atoms with E-state index in [-0.39, 0.29) is 12.1 Å². The van der Waals surface area contributed by atoms with Crippen LogP contribution in [0, 0.1) is 28.6 Å². The first-order chi connectivity index (χ1) is 16.5. The van der Waals surface area contributed by atoms with Crippen LogP contribution in [0.25, 0.3) is 0 Å². The zero-order valence-corrected chi connectivity index (χ0v) is 22.1. The van der Waals surface area contributed by atoms with Crippen molar-refractivity contribution in [3.05, 3.63) is 11.6 Å². The summed E-state index contributed by atoms with van der Waals surface area (Å²) in [7, 11) is 0. The molecule has 0 aromatic heterocycles. The van der Waals surface area contributed by atoms with Gasteiger partial charge in [-0.05, 0) is 87.4 Å². The second-order valence-corrected chi connectivity index (χ2v) is 12.4. The molecule has 4 aliphatic rings. The summed E-state index contributed by atoms with van der Waals surface area (Å²) in [5.74, 6) is 1.68. The summed E-state index contributed by atoms with van der Waals surface area (Å²) >= 11 is 0. The summed E-state index contributed by atoms with van der Waals surface area (Å²) in [6.45, 7) is 4.77. The molecule has 0 spiro atoms. The van der Waals surface area contributed by atoms with Gasteiger partial charge in [-0.2, -0.15) is 0 Å². The summed E-state index contributed by atoms with van der Waals surface area (Å²) in [4.78, 5) is 25.3. The molecule has 3 nitrogen and oxygen atoms in total. The Labute approximate surface area is 208 Å². The number of esters is 1. The maximum Gasteiger partial charge on any atom is 0.306 e. The van der Waals surface area contributed by atoms with Crippen LogP contribution < -0.4 is 0 Å². The lowest BCUT2D eigenvalue weighted by Crippen LogP contribution is -2.53. The van der Waals surface area contributed by atoms with Crippen LogP contribution >= 0.6 is 0 Å². The predicted octanol–water partition coefficient (Wildman–Crippen LogP) is 8.35. The van der Waals surface area contributed by atoms with Crippen molar-refractivity contribution in [2.45, 2.75) is 142 Å². The van der Waals surface area contributed by atoms with Crippen molar-refractivity contribution in [1.82, 2.24) is 0 Å². The fraction of sp³-hybridized carbons (Fsp3) is 0.871. The molecule has 3 saturated carbocycles. The minimum absolute atomic E-state index is 0.0648. The van der Waals surface area contributed by atoms with Crippen LogP contribution in [0.4, 0.5) is 0 Å². The molecule has 0 bridgehead atoms. The maximum absolute atomic E-state index is 12.7. The number of unbranched alkanes of at least 4 members (excludes halogenated alkanes) is 8. The van der Waals surface area contributed by atoms with Crippen molar-refractivity contribution in [1.29, 1.82) is 0 Å². The molecule has 6 atom stereocenters. The topological polar surface area (TPSA) is 43.4 Å². The van der Waals surface area contributed by atoms with Crippen molar-refractivity contribution >= 4 is 12.3 Å². The first kappa shape index (κ1) is 26.0. The Morgan fingerprint density at radius 3 is 2.44 bits per heavy atom. The molecule has 4 aliphatic carbocycles. The minimum Gasteiger partial charge on any atom is -0.461 e. The Balaban J connectivity index is 1.26. The number of aldehydes is 1. The van der Waals surface area contributed by atoms with Gasteiger partial charge in [-0.3, -0.25) is 4.79 Å². The van der Waals surface area contributed by atoms with E-state index in [2.05, 4.69) is 19.9 Å². The molecule has 0 amide bonds. The molecule has 0 heterocycles. The smallest absolute Gasteiger partial charge is 0.306 e. The average Bonchev–Trinajstić information content (AvgIpc) is 3.21. The monoisotopic (exact) mass is 470 g/mol. The minimum atomic E-state index is -0.415. The number of rotatable bonds is 12. The molecular formula is C31H50O3. The molecule has 34 heavy (non-hydrogen) atoms. The molecule has 3 heteroatoms. The Morgan fingerprint density at radius 2 is 1.71 bits per heavy atom. The molecule has 192 valence electrons. The molecule has 3 fully saturated rings. The van der Waals surface area contributed by atoms with Crippen molar-refractivity contribution in [2.24, 2.45) is 28.6 Å². The van der Waals surface area contributed by atoms with Gasteiger partial charge in [-0.25, -0.2) is 0 Å². The van der Waals surface area contributed by atoms with Crippen LogP contribution in [-0.4, -0.2) is 18.4 Å². The second kappa shape index (κ2) is 11.7. The molecular weight excluding hydrogens is 420 g/mol. The fourth-order valence-corrected chi connectivity index (χ4v) is 8.62. The van der Waals surface area contributed by atoms with E-state index in [4.69, 9.17) is 4.74 Å². The molecule has 0 radical (unpaired) electrons. The van der Waals surface area contributed by atoms with Gasteiger partial charge in [0, 0.05) is 6.42 Å². The van der Waals surface area contributed by atoms with E-state index < -0.39 is 5.41 Å². The Kier molecular flexibility index (Phi) is 8.97. The summed E-state index contributed by atoms with van der Waals surface area (Å²) < 4.78 is 6.08. The number of carbonyl (C=O) groups excluding carboxylic acids is 2. The van der Waals surface area contributed by atoms with Crippen molar-refractivity contribution in [3.63, 3.8) is 0 Å². The third-order valence-corrected chi connectivity index (χ3v) is 10.5. The molecule has 0 saturated heterocycles. The first-order valence-electron chi connectivity index (χ1n) is 14.9. The fourth-order valence-electron chi connectivity index (χ4n) is 8.62. The zero-order valence-electron chi connectivity index (χ0n) is 22.1. The normalized spacial score (nSPS) is 36.7. The highest BCUT2D eigenvalue weighted by Crippen LogP contribution is 2.65. The van der Waals surface area contributed by atoms with Gasteiger partial charge in [-0.1, -0.05) is 76.9 Å². The number of fused-ring (bicyclic) bond motifs is 5. The number of carbonyl (C=O) groups is 2. The van der Waals surface area contributed by atoms with Crippen LogP contribution in [0.2, 0.25) is 0 Å². The predicted molar refractivity (Wildman–Crippen MR) is 138 cm³/mol. The Bertz CT molecular complexity index is 726.